The van der Waals surface area contributed by atoms with Crippen LogP contribution in [0.3, 0.4) is 0 Å². The van der Waals surface area contributed by atoms with Crippen molar-refractivity contribution in [3.63, 3.8) is 0 Å². The van der Waals surface area contributed by atoms with E-state index in [9.17, 15) is 9.18 Å². The predicted molar refractivity (Wildman–Crippen MR) is 69.9 cm³/mol. The van der Waals surface area contributed by atoms with Crippen LogP contribution in [0, 0.1) is 5.82 Å². The van der Waals surface area contributed by atoms with E-state index in [-0.39, 0.29) is 11.7 Å². The molecule has 1 aliphatic heterocycles. The zero-order valence-electron chi connectivity index (χ0n) is 10.7. The molecule has 0 bridgehead atoms. The highest BCUT2D eigenvalue weighted by Gasteiger charge is 2.21. The summed E-state index contributed by atoms with van der Waals surface area (Å²) in [5.74, 6) is 0.0131. The number of halogens is 1. The summed E-state index contributed by atoms with van der Waals surface area (Å²) in [5, 5.41) is 3.38. The van der Waals surface area contributed by atoms with E-state index in [0.717, 1.165) is 31.6 Å². The van der Waals surface area contributed by atoms with Crippen LogP contribution in [-0.4, -0.2) is 29.9 Å². The molecule has 98 valence electrons. The van der Waals surface area contributed by atoms with Crippen LogP contribution in [0.2, 0.25) is 0 Å². The highest BCUT2D eigenvalue weighted by Crippen LogP contribution is 2.17. The Morgan fingerprint density at radius 3 is 2.50 bits per heavy atom. The van der Waals surface area contributed by atoms with Gasteiger partial charge in [-0.25, -0.2) is 4.39 Å². The number of benzene rings is 1. The Hall–Kier alpha value is -1.58. The normalized spacial score (nSPS) is 16.7. The van der Waals surface area contributed by atoms with E-state index in [1.807, 2.05) is 11.8 Å². The molecule has 0 radical (unpaired) electrons. The molecule has 0 aromatic heterocycles. The van der Waals surface area contributed by atoms with Gasteiger partial charge in [0, 0.05) is 31.2 Å². The Morgan fingerprint density at radius 2 is 1.94 bits per heavy atom. The molecule has 3 nitrogen and oxygen atoms in total. The van der Waals surface area contributed by atoms with E-state index >= 15 is 0 Å². The number of carbonyl (C=O) groups excluding carboxylic acids is 1. The summed E-state index contributed by atoms with van der Waals surface area (Å²) in [6.45, 7) is 3.52. The van der Waals surface area contributed by atoms with Crippen molar-refractivity contribution in [3.05, 3.63) is 30.1 Å². The lowest BCUT2D eigenvalue weighted by atomic mass is 10.0. The van der Waals surface area contributed by atoms with Gasteiger partial charge in [-0.1, -0.05) is 6.92 Å². The lowest BCUT2D eigenvalue weighted by Crippen LogP contribution is -2.42. The van der Waals surface area contributed by atoms with Crippen molar-refractivity contribution in [3.8, 4) is 0 Å². The maximum absolute atomic E-state index is 12.8. The first-order chi connectivity index (χ1) is 8.69. The standard InChI is InChI=1S/C14H19FN2O/c1-2-14(18)17-9-7-13(8-10-17)16-12-5-3-11(15)4-6-12/h3-6,13,16H,2,7-10H2,1H3. The average molecular weight is 250 g/mol. The molecule has 2 rings (SSSR count). The Labute approximate surface area is 107 Å². The zero-order valence-corrected chi connectivity index (χ0v) is 10.7. The number of nitrogens with one attached hydrogen (secondary N) is 1. The van der Waals surface area contributed by atoms with Gasteiger partial charge in [0.05, 0.1) is 0 Å². The Bertz CT molecular complexity index is 397. The molecule has 18 heavy (non-hydrogen) atoms. The predicted octanol–water partition coefficient (Wildman–Crippen LogP) is 2.64. The van der Waals surface area contributed by atoms with Crippen molar-refractivity contribution < 1.29 is 9.18 Å². The van der Waals surface area contributed by atoms with Gasteiger partial charge in [0.25, 0.3) is 0 Å². The lowest BCUT2D eigenvalue weighted by molar-refractivity contribution is -0.131. The third kappa shape index (κ3) is 3.22. The molecule has 0 saturated carbocycles. The first-order valence-electron chi connectivity index (χ1n) is 6.49. The molecule has 1 N–H and O–H groups in total. The third-order valence-electron chi connectivity index (χ3n) is 3.37. The van der Waals surface area contributed by atoms with Crippen molar-refractivity contribution >= 4 is 11.6 Å². The average Bonchev–Trinajstić information content (AvgIpc) is 2.41. The summed E-state index contributed by atoms with van der Waals surface area (Å²) in [6.07, 6.45) is 2.47. The van der Waals surface area contributed by atoms with Crippen LogP contribution in [0.5, 0.6) is 0 Å². The fraction of sp³-hybridized carbons (Fsp3) is 0.500. The molecular weight excluding hydrogens is 231 g/mol. The van der Waals surface area contributed by atoms with Gasteiger partial charge in [0.2, 0.25) is 5.91 Å². The van der Waals surface area contributed by atoms with Crippen molar-refractivity contribution in [1.29, 1.82) is 0 Å². The Balaban J connectivity index is 1.83. The van der Waals surface area contributed by atoms with Crippen molar-refractivity contribution in [2.45, 2.75) is 32.2 Å². The minimum absolute atomic E-state index is 0.219. The van der Waals surface area contributed by atoms with Gasteiger partial charge in [-0.15, -0.1) is 0 Å². The molecule has 4 heteroatoms. The molecule has 1 aromatic rings. The molecule has 1 fully saturated rings. The third-order valence-corrected chi connectivity index (χ3v) is 3.37. The van der Waals surface area contributed by atoms with E-state index in [4.69, 9.17) is 0 Å². The number of piperidine rings is 1. The van der Waals surface area contributed by atoms with Gasteiger partial charge in [0.15, 0.2) is 0 Å². The van der Waals surface area contributed by atoms with E-state index in [0.29, 0.717) is 12.5 Å². The Kier molecular flexibility index (Phi) is 4.18. The molecular formula is C14H19FN2O. The van der Waals surface area contributed by atoms with Crippen LogP contribution in [0.25, 0.3) is 0 Å². The second-order valence-electron chi connectivity index (χ2n) is 4.66. The highest BCUT2D eigenvalue weighted by atomic mass is 19.1. The van der Waals surface area contributed by atoms with Crippen LogP contribution in [0.1, 0.15) is 26.2 Å². The molecule has 0 spiro atoms. The summed E-state index contributed by atoms with van der Waals surface area (Å²) < 4.78 is 12.8. The molecule has 1 amide bonds. The van der Waals surface area contributed by atoms with E-state index in [1.54, 1.807) is 12.1 Å². The van der Waals surface area contributed by atoms with Gasteiger partial charge < -0.3 is 10.2 Å². The van der Waals surface area contributed by atoms with Crippen LogP contribution >= 0.6 is 0 Å². The van der Waals surface area contributed by atoms with Crippen molar-refractivity contribution in [2.75, 3.05) is 18.4 Å². The molecule has 0 atom stereocenters. The quantitative estimate of drug-likeness (QED) is 0.894. The smallest absolute Gasteiger partial charge is 0.222 e. The molecule has 1 heterocycles. The maximum Gasteiger partial charge on any atom is 0.222 e. The van der Waals surface area contributed by atoms with Crippen LogP contribution in [0.4, 0.5) is 10.1 Å². The lowest BCUT2D eigenvalue weighted by Gasteiger charge is -2.32. The van der Waals surface area contributed by atoms with Crippen LogP contribution in [-0.2, 0) is 4.79 Å². The molecule has 0 aliphatic carbocycles. The van der Waals surface area contributed by atoms with E-state index < -0.39 is 0 Å². The fourth-order valence-electron chi connectivity index (χ4n) is 2.28. The number of likely N-dealkylation sites (tertiary alicyclic amines) is 1. The number of hydrogen-bond acceptors (Lipinski definition) is 2. The molecule has 1 saturated heterocycles. The van der Waals surface area contributed by atoms with E-state index in [2.05, 4.69) is 5.32 Å². The highest BCUT2D eigenvalue weighted by molar-refractivity contribution is 5.75. The fourth-order valence-corrected chi connectivity index (χ4v) is 2.28. The summed E-state index contributed by atoms with van der Waals surface area (Å²) in [5.41, 5.74) is 0.941. The monoisotopic (exact) mass is 250 g/mol. The number of rotatable bonds is 3. The summed E-state index contributed by atoms with van der Waals surface area (Å²) >= 11 is 0. The largest absolute Gasteiger partial charge is 0.382 e. The summed E-state index contributed by atoms with van der Waals surface area (Å²) in [4.78, 5) is 13.5. The van der Waals surface area contributed by atoms with Gasteiger partial charge in [-0.05, 0) is 37.1 Å². The Morgan fingerprint density at radius 1 is 1.33 bits per heavy atom. The second kappa shape index (κ2) is 5.85. The number of hydrogen-bond donors (Lipinski definition) is 1. The summed E-state index contributed by atoms with van der Waals surface area (Å²) in [6, 6.07) is 6.78. The maximum atomic E-state index is 12.8. The van der Waals surface area contributed by atoms with Crippen molar-refractivity contribution in [2.24, 2.45) is 0 Å². The molecule has 1 aliphatic rings. The number of carbonyl (C=O) groups is 1. The number of amides is 1. The van der Waals surface area contributed by atoms with Crippen molar-refractivity contribution in [1.82, 2.24) is 4.90 Å². The number of anilines is 1. The minimum atomic E-state index is -0.219. The zero-order chi connectivity index (χ0) is 13.0. The van der Waals surface area contributed by atoms with Crippen LogP contribution < -0.4 is 5.32 Å². The molecule has 0 unspecified atom stereocenters. The number of nitrogens with zero attached hydrogens (tertiary/aromatic N) is 1. The van der Waals surface area contributed by atoms with Gasteiger partial charge >= 0.3 is 0 Å². The first-order valence-corrected chi connectivity index (χ1v) is 6.49. The second-order valence-corrected chi connectivity index (χ2v) is 4.66. The first kappa shape index (κ1) is 12.9. The van der Waals surface area contributed by atoms with Gasteiger partial charge in [-0.2, -0.15) is 0 Å². The SMILES string of the molecule is CCC(=O)N1CCC(Nc2ccc(F)cc2)CC1. The van der Waals surface area contributed by atoms with Crippen LogP contribution in [0.15, 0.2) is 24.3 Å². The van der Waals surface area contributed by atoms with Gasteiger partial charge in [0.1, 0.15) is 5.82 Å². The molecule has 1 aromatic carbocycles. The van der Waals surface area contributed by atoms with Gasteiger partial charge in [-0.3, -0.25) is 4.79 Å². The van der Waals surface area contributed by atoms with E-state index in [1.165, 1.54) is 12.1 Å². The topological polar surface area (TPSA) is 32.3 Å². The minimum Gasteiger partial charge on any atom is -0.382 e. The summed E-state index contributed by atoms with van der Waals surface area (Å²) in [7, 11) is 0.